The van der Waals surface area contributed by atoms with Crippen LogP contribution in [0.5, 0.6) is 0 Å². The van der Waals surface area contributed by atoms with E-state index in [9.17, 15) is 0 Å². The van der Waals surface area contributed by atoms with Crippen LogP contribution in [0.15, 0.2) is 23.2 Å². The van der Waals surface area contributed by atoms with Crippen molar-refractivity contribution in [2.75, 3.05) is 0 Å². The lowest BCUT2D eigenvalue weighted by Gasteiger charge is -2.06. The first-order chi connectivity index (χ1) is 7.74. The molecule has 1 saturated carbocycles. The first-order valence-electron chi connectivity index (χ1n) is 5.29. The Morgan fingerprint density at radius 3 is 2.81 bits per heavy atom. The molecule has 4 nitrogen and oxygen atoms in total. The molecule has 0 aliphatic heterocycles. The van der Waals surface area contributed by atoms with Gasteiger partial charge in [0.15, 0.2) is 4.73 Å². The second-order valence-electron chi connectivity index (χ2n) is 4.04. The molecule has 0 aromatic carbocycles. The third-order valence-corrected chi connectivity index (χ3v) is 3.13. The van der Waals surface area contributed by atoms with E-state index in [0.29, 0.717) is 10.7 Å². The number of nitrogens with zero attached hydrogens (tertiary/aromatic N) is 4. The Morgan fingerprint density at radius 2 is 2.19 bits per heavy atom. The quantitative estimate of drug-likeness (QED) is 0.794. The van der Waals surface area contributed by atoms with E-state index in [1.165, 1.54) is 12.8 Å². The summed E-state index contributed by atoms with van der Waals surface area (Å²) in [6, 6.07) is 2.05. The maximum Gasteiger partial charge on any atom is 0.198 e. The zero-order valence-electron chi connectivity index (χ0n) is 8.89. The standard InChI is InChI=1S/C11H11BrN4/c1-7-13-4-5-16(7)10-6-9(8-2-3-8)14-11(12)15-10/h4-6,8H,2-3H2,1H3. The highest BCUT2D eigenvalue weighted by atomic mass is 79.9. The van der Waals surface area contributed by atoms with Crippen LogP contribution in [0.25, 0.3) is 5.82 Å². The van der Waals surface area contributed by atoms with Crippen molar-refractivity contribution >= 4 is 15.9 Å². The van der Waals surface area contributed by atoms with Gasteiger partial charge in [-0.25, -0.2) is 15.0 Å². The molecule has 82 valence electrons. The van der Waals surface area contributed by atoms with Crippen molar-refractivity contribution in [3.05, 3.63) is 34.7 Å². The van der Waals surface area contributed by atoms with Gasteiger partial charge in [0.05, 0.1) is 5.69 Å². The highest BCUT2D eigenvalue weighted by Gasteiger charge is 2.26. The second-order valence-corrected chi connectivity index (χ2v) is 4.75. The van der Waals surface area contributed by atoms with Crippen LogP contribution in [0.3, 0.4) is 0 Å². The maximum atomic E-state index is 4.41. The van der Waals surface area contributed by atoms with Crippen LogP contribution in [-0.2, 0) is 0 Å². The summed E-state index contributed by atoms with van der Waals surface area (Å²) in [7, 11) is 0. The van der Waals surface area contributed by atoms with E-state index in [1.54, 1.807) is 6.20 Å². The number of aryl methyl sites for hydroxylation is 1. The minimum Gasteiger partial charge on any atom is -0.288 e. The molecule has 0 amide bonds. The lowest BCUT2D eigenvalue weighted by molar-refractivity contribution is 0.878. The molecular weight excluding hydrogens is 268 g/mol. The molecule has 1 fully saturated rings. The number of halogens is 1. The van der Waals surface area contributed by atoms with Crippen molar-refractivity contribution in [1.82, 2.24) is 19.5 Å². The molecule has 2 aromatic heterocycles. The molecule has 0 radical (unpaired) electrons. The first kappa shape index (κ1) is 9.96. The largest absolute Gasteiger partial charge is 0.288 e. The van der Waals surface area contributed by atoms with Gasteiger partial charge in [0.1, 0.15) is 11.6 Å². The fourth-order valence-corrected chi connectivity index (χ4v) is 2.14. The average Bonchev–Trinajstić information content (AvgIpc) is 3.01. The van der Waals surface area contributed by atoms with E-state index in [-0.39, 0.29) is 0 Å². The van der Waals surface area contributed by atoms with Gasteiger partial charge in [0.2, 0.25) is 0 Å². The molecule has 1 aliphatic rings. The second kappa shape index (κ2) is 3.66. The van der Waals surface area contributed by atoms with Gasteiger partial charge < -0.3 is 0 Å². The SMILES string of the molecule is Cc1nccn1-c1cc(C2CC2)nc(Br)n1. The van der Waals surface area contributed by atoms with Crippen molar-refractivity contribution in [2.45, 2.75) is 25.7 Å². The van der Waals surface area contributed by atoms with Gasteiger partial charge in [0.25, 0.3) is 0 Å². The number of hydrogen-bond acceptors (Lipinski definition) is 3. The smallest absolute Gasteiger partial charge is 0.198 e. The molecule has 2 aromatic rings. The topological polar surface area (TPSA) is 43.6 Å². The van der Waals surface area contributed by atoms with Crippen molar-refractivity contribution < 1.29 is 0 Å². The maximum absolute atomic E-state index is 4.41. The number of rotatable bonds is 2. The zero-order valence-corrected chi connectivity index (χ0v) is 10.5. The monoisotopic (exact) mass is 278 g/mol. The molecule has 0 atom stereocenters. The van der Waals surface area contributed by atoms with Crippen molar-refractivity contribution in [1.29, 1.82) is 0 Å². The normalized spacial score (nSPS) is 15.4. The highest BCUT2D eigenvalue weighted by molar-refractivity contribution is 9.10. The van der Waals surface area contributed by atoms with Gasteiger partial charge >= 0.3 is 0 Å². The summed E-state index contributed by atoms with van der Waals surface area (Å²) < 4.78 is 2.62. The van der Waals surface area contributed by atoms with Crippen molar-refractivity contribution in [3.8, 4) is 5.82 Å². The summed E-state index contributed by atoms with van der Waals surface area (Å²) in [5.74, 6) is 2.45. The lowest BCUT2D eigenvalue weighted by Crippen LogP contribution is -2.02. The number of aromatic nitrogens is 4. The van der Waals surface area contributed by atoms with Gasteiger partial charge in [-0.15, -0.1) is 0 Å². The highest BCUT2D eigenvalue weighted by Crippen LogP contribution is 2.39. The molecule has 0 spiro atoms. The Hall–Kier alpha value is -1.23. The molecule has 3 rings (SSSR count). The number of hydrogen-bond donors (Lipinski definition) is 0. The molecule has 16 heavy (non-hydrogen) atoms. The van der Waals surface area contributed by atoms with Crippen LogP contribution in [-0.4, -0.2) is 19.5 Å². The van der Waals surface area contributed by atoms with Gasteiger partial charge in [0, 0.05) is 24.4 Å². The van der Waals surface area contributed by atoms with E-state index in [1.807, 2.05) is 17.7 Å². The van der Waals surface area contributed by atoms with Crippen LogP contribution in [0.1, 0.15) is 30.3 Å². The van der Waals surface area contributed by atoms with Crippen molar-refractivity contribution in [3.63, 3.8) is 0 Å². The summed E-state index contributed by atoms with van der Waals surface area (Å²) in [5.41, 5.74) is 1.13. The molecule has 1 aliphatic carbocycles. The Bertz CT molecular complexity index is 531. The molecule has 2 heterocycles. The third-order valence-electron chi connectivity index (χ3n) is 2.77. The predicted molar refractivity (Wildman–Crippen MR) is 63.6 cm³/mol. The third kappa shape index (κ3) is 1.75. The minimum absolute atomic E-state index is 0.627. The van der Waals surface area contributed by atoms with Crippen LogP contribution >= 0.6 is 15.9 Å². The summed E-state index contributed by atoms with van der Waals surface area (Å²) in [5, 5.41) is 0. The fourth-order valence-electron chi connectivity index (χ4n) is 1.75. The van der Waals surface area contributed by atoms with Crippen LogP contribution in [0.2, 0.25) is 0 Å². The van der Waals surface area contributed by atoms with Crippen molar-refractivity contribution in [2.24, 2.45) is 0 Å². The summed E-state index contributed by atoms with van der Waals surface area (Å²) >= 11 is 3.36. The summed E-state index contributed by atoms with van der Waals surface area (Å²) in [6.07, 6.45) is 6.18. The molecule has 0 saturated heterocycles. The van der Waals surface area contributed by atoms with Gasteiger partial charge in [-0.1, -0.05) is 0 Å². The van der Waals surface area contributed by atoms with Gasteiger partial charge in [-0.05, 0) is 35.7 Å². The fraction of sp³-hybridized carbons (Fsp3) is 0.364. The van der Waals surface area contributed by atoms with E-state index in [4.69, 9.17) is 0 Å². The van der Waals surface area contributed by atoms with Gasteiger partial charge in [-0.2, -0.15) is 0 Å². The Balaban J connectivity index is 2.10. The van der Waals surface area contributed by atoms with E-state index in [0.717, 1.165) is 17.3 Å². The first-order valence-corrected chi connectivity index (χ1v) is 6.08. The van der Waals surface area contributed by atoms with E-state index in [2.05, 4.69) is 36.9 Å². The summed E-state index contributed by atoms with van der Waals surface area (Å²) in [6.45, 7) is 1.97. The van der Waals surface area contributed by atoms with E-state index >= 15 is 0 Å². The molecule has 0 bridgehead atoms. The lowest BCUT2D eigenvalue weighted by atomic mass is 10.3. The van der Waals surface area contributed by atoms with Crippen LogP contribution in [0.4, 0.5) is 0 Å². The van der Waals surface area contributed by atoms with Gasteiger partial charge in [-0.3, -0.25) is 4.57 Å². The summed E-state index contributed by atoms with van der Waals surface area (Å²) in [4.78, 5) is 13.0. The Morgan fingerprint density at radius 1 is 1.38 bits per heavy atom. The zero-order chi connectivity index (χ0) is 11.1. The average molecular weight is 279 g/mol. The predicted octanol–water partition coefficient (Wildman–Crippen LogP) is 2.61. The molecular formula is C11H11BrN4. The molecule has 0 N–H and O–H groups in total. The Labute approximate surface area is 102 Å². The molecule has 0 unspecified atom stereocenters. The van der Waals surface area contributed by atoms with E-state index < -0.39 is 0 Å². The van der Waals surface area contributed by atoms with Crippen LogP contribution in [0, 0.1) is 6.92 Å². The van der Waals surface area contributed by atoms with Crippen LogP contribution < -0.4 is 0 Å². The number of imidazole rings is 1. The molecule has 5 heteroatoms. The minimum atomic E-state index is 0.627. The Kier molecular flexibility index (Phi) is 2.28.